The van der Waals surface area contributed by atoms with Crippen LogP contribution in [0.2, 0.25) is 5.02 Å². The van der Waals surface area contributed by atoms with Crippen LogP contribution >= 0.6 is 27.5 Å². The third-order valence-electron chi connectivity index (χ3n) is 8.26. The van der Waals surface area contributed by atoms with Crippen molar-refractivity contribution in [3.05, 3.63) is 39.5 Å². The molecule has 0 atom stereocenters. The van der Waals surface area contributed by atoms with Crippen molar-refractivity contribution >= 4 is 77.8 Å². The monoisotopic (exact) mass is 721 g/mol. The summed E-state index contributed by atoms with van der Waals surface area (Å²) in [6, 6.07) is 5.97. The maximum absolute atomic E-state index is 12.1. The van der Waals surface area contributed by atoms with Crippen LogP contribution < -0.4 is 40.8 Å². The van der Waals surface area contributed by atoms with Gasteiger partial charge < -0.3 is 36.1 Å². The summed E-state index contributed by atoms with van der Waals surface area (Å²) in [5, 5.41) is 10.0. The Morgan fingerprint density at radius 1 is 1.11 bits per heavy atom. The zero-order valence-corrected chi connectivity index (χ0v) is 28.3. The van der Waals surface area contributed by atoms with Gasteiger partial charge in [0.15, 0.2) is 11.6 Å². The number of ether oxygens (including phenoxy) is 2. The van der Waals surface area contributed by atoms with Gasteiger partial charge in [-0.05, 0) is 46.5 Å². The van der Waals surface area contributed by atoms with Crippen LogP contribution in [-0.4, -0.2) is 88.6 Å². The summed E-state index contributed by atoms with van der Waals surface area (Å²) in [6.45, 7) is 6.59. The van der Waals surface area contributed by atoms with E-state index in [2.05, 4.69) is 56.4 Å². The molecule has 0 aliphatic carbocycles. The molecule has 0 radical (unpaired) electrons. The summed E-state index contributed by atoms with van der Waals surface area (Å²) in [4.78, 5) is 13.8. The number of anilines is 7. The Kier molecular flexibility index (Phi) is 9.34. The fraction of sp³-hybridized carbons (Fsp3) is 0.448. The molecule has 0 saturated carbocycles. The maximum Gasteiger partial charge on any atom is 0.229 e. The van der Waals surface area contributed by atoms with Crippen LogP contribution in [0.3, 0.4) is 0 Å². The number of sulfonamides is 1. The van der Waals surface area contributed by atoms with Gasteiger partial charge in [0.05, 0.1) is 48.9 Å². The van der Waals surface area contributed by atoms with Crippen molar-refractivity contribution in [3.63, 3.8) is 0 Å². The topological polar surface area (TPSA) is 159 Å². The molecule has 2 saturated heterocycles. The molecule has 2 fully saturated rings. The van der Waals surface area contributed by atoms with Crippen molar-refractivity contribution in [2.24, 2.45) is 0 Å². The number of fused-ring (bicyclic) bond motifs is 1. The van der Waals surface area contributed by atoms with E-state index in [9.17, 15) is 8.42 Å². The van der Waals surface area contributed by atoms with Gasteiger partial charge in [-0.2, -0.15) is 4.98 Å². The lowest BCUT2D eigenvalue weighted by Gasteiger charge is -2.41. The van der Waals surface area contributed by atoms with Crippen LogP contribution in [0.4, 0.5) is 40.2 Å². The summed E-state index contributed by atoms with van der Waals surface area (Å²) in [5.41, 5.74) is 10.4. The number of hydrogen-bond donors (Lipinski definition) is 5. The summed E-state index contributed by atoms with van der Waals surface area (Å²) in [6.07, 6.45) is 5.37. The standard InChI is InChI=1S/C29H37BrClN9O4S/c1-43-27-23(14-19(30)26(25(27)32)40-8-3-18(4-9-40)39-10-6-33-7-11-39)36-29-34-16-20(31)28(37-29)35-21-15-24-17(5-12-44-24)13-22(21)38-45(2,41)42/h13-16,18,33,38H,3-12,32H2,1-2H3,(H2,34,35,36,37). The molecular weight excluding hydrogens is 686 g/mol. The first-order valence-electron chi connectivity index (χ1n) is 14.8. The molecule has 16 heteroatoms. The van der Waals surface area contributed by atoms with E-state index in [0.717, 1.165) is 74.1 Å². The fourth-order valence-electron chi connectivity index (χ4n) is 6.15. The molecule has 4 heterocycles. The van der Waals surface area contributed by atoms with E-state index in [1.54, 1.807) is 19.2 Å². The van der Waals surface area contributed by atoms with Gasteiger partial charge in [-0.15, -0.1) is 0 Å². The Morgan fingerprint density at radius 3 is 2.58 bits per heavy atom. The zero-order chi connectivity index (χ0) is 31.7. The van der Waals surface area contributed by atoms with E-state index in [-0.39, 0.29) is 16.8 Å². The molecule has 0 bridgehead atoms. The first-order chi connectivity index (χ1) is 21.6. The average molecular weight is 723 g/mol. The van der Waals surface area contributed by atoms with Crippen LogP contribution in [-0.2, 0) is 16.4 Å². The molecule has 2 aromatic carbocycles. The number of nitrogen functional groups attached to an aromatic ring is 1. The summed E-state index contributed by atoms with van der Waals surface area (Å²) in [5.74, 6) is 1.63. The first-order valence-corrected chi connectivity index (χ1v) is 17.9. The zero-order valence-electron chi connectivity index (χ0n) is 25.1. The van der Waals surface area contributed by atoms with Crippen molar-refractivity contribution in [2.45, 2.75) is 25.3 Å². The minimum Gasteiger partial charge on any atom is -0.493 e. The summed E-state index contributed by atoms with van der Waals surface area (Å²) < 4.78 is 39.0. The normalized spacial score (nSPS) is 17.5. The molecule has 0 amide bonds. The number of piperazine rings is 1. The van der Waals surface area contributed by atoms with Gasteiger partial charge in [0.1, 0.15) is 16.5 Å². The predicted molar refractivity (Wildman–Crippen MR) is 182 cm³/mol. The highest BCUT2D eigenvalue weighted by atomic mass is 79.9. The predicted octanol–water partition coefficient (Wildman–Crippen LogP) is 4.15. The van der Waals surface area contributed by atoms with Crippen LogP contribution in [0, 0.1) is 0 Å². The van der Waals surface area contributed by atoms with Crippen molar-refractivity contribution < 1.29 is 17.9 Å². The number of methoxy groups -OCH3 is 1. The lowest BCUT2D eigenvalue weighted by atomic mass is 10.0. The van der Waals surface area contributed by atoms with E-state index in [1.165, 1.54) is 6.20 Å². The number of halogens is 2. The number of nitrogens with one attached hydrogen (secondary N) is 4. The van der Waals surface area contributed by atoms with Gasteiger partial charge in [0.25, 0.3) is 0 Å². The Bertz CT molecular complexity index is 1680. The van der Waals surface area contributed by atoms with Crippen molar-refractivity contribution in [2.75, 3.05) is 85.2 Å². The van der Waals surface area contributed by atoms with E-state index >= 15 is 0 Å². The minimum absolute atomic E-state index is 0.228. The highest BCUT2D eigenvalue weighted by molar-refractivity contribution is 9.10. The third kappa shape index (κ3) is 7.12. The summed E-state index contributed by atoms with van der Waals surface area (Å²) >= 11 is 10.2. The van der Waals surface area contributed by atoms with Crippen LogP contribution in [0.15, 0.2) is 28.9 Å². The van der Waals surface area contributed by atoms with Crippen LogP contribution in [0.1, 0.15) is 18.4 Å². The van der Waals surface area contributed by atoms with E-state index in [0.29, 0.717) is 53.3 Å². The number of rotatable bonds is 9. The van der Waals surface area contributed by atoms with Gasteiger partial charge >= 0.3 is 0 Å². The number of nitrogens with zero attached hydrogens (tertiary/aromatic N) is 4. The molecule has 0 spiro atoms. The minimum atomic E-state index is -3.55. The number of piperidine rings is 1. The lowest BCUT2D eigenvalue weighted by Crippen LogP contribution is -2.52. The van der Waals surface area contributed by atoms with Gasteiger partial charge in [-0.25, -0.2) is 13.4 Å². The molecule has 45 heavy (non-hydrogen) atoms. The van der Waals surface area contributed by atoms with Crippen molar-refractivity contribution in [1.82, 2.24) is 20.2 Å². The lowest BCUT2D eigenvalue weighted by molar-refractivity contribution is 0.150. The molecule has 6 N–H and O–H groups in total. The molecule has 13 nitrogen and oxygen atoms in total. The van der Waals surface area contributed by atoms with Gasteiger partial charge in [0, 0.05) is 62.3 Å². The van der Waals surface area contributed by atoms with Crippen molar-refractivity contribution in [3.8, 4) is 11.5 Å². The highest BCUT2D eigenvalue weighted by Crippen LogP contribution is 2.46. The molecular formula is C29H37BrClN9O4S. The smallest absolute Gasteiger partial charge is 0.229 e. The quantitative estimate of drug-likeness (QED) is 0.201. The number of nitrogens with two attached hydrogens (primary N) is 1. The average Bonchev–Trinajstić information content (AvgIpc) is 3.46. The highest BCUT2D eigenvalue weighted by Gasteiger charge is 2.29. The molecule has 3 aliphatic rings. The largest absolute Gasteiger partial charge is 0.493 e. The van der Waals surface area contributed by atoms with Gasteiger partial charge in [0.2, 0.25) is 16.0 Å². The molecule has 6 rings (SSSR count). The Labute approximate surface area is 276 Å². The number of benzene rings is 2. The second-order valence-corrected chi connectivity index (χ2v) is 14.3. The van der Waals surface area contributed by atoms with E-state index in [4.69, 9.17) is 26.8 Å². The molecule has 0 unspecified atom stereocenters. The number of hydrogen-bond acceptors (Lipinski definition) is 12. The first kappa shape index (κ1) is 31.7. The Morgan fingerprint density at radius 2 is 1.87 bits per heavy atom. The molecule has 3 aromatic rings. The fourth-order valence-corrected chi connectivity index (χ4v) is 7.55. The summed E-state index contributed by atoms with van der Waals surface area (Å²) in [7, 11) is -1.97. The second kappa shape index (κ2) is 13.2. The maximum atomic E-state index is 12.1. The van der Waals surface area contributed by atoms with Crippen molar-refractivity contribution in [1.29, 1.82) is 0 Å². The van der Waals surface area contributed by atoms with E-state index in [1.807, 2.05) is 6.07 Å². The second-order valence-electron chi connectivity index (χ2n) is 11.3. The molecule has 242 valence electrons. The Balaban J connectivity index is 1.23. The molecule has 3 aliphatic heterocycles. The Hall–Kier alpha value is -3.24. The van der Waals surface area contributed by atoms with E-state index < -0.39 is 10.0 Å². The number of aromatic nitrogens is 2. The van der Waals surface area contributed by atoms with Gasteiger partial charge in [-0.1, -0.05) is 11.6 Å². The van der Waals surface area contributed by atoms with Crippen LogP contribution in [0.25, 0.3) is 0 Å². The SMILES string of the molecule is COc1c(Nc2ncc(Cl)c(Nc3cc4c(cc3NS(C)(=O)=O)CCO4)n2)cc(Br)c(N2CCC(N3CCNCC3)CC2)c1N. The van der Waals surface area contributed by atoms with Gasteiger partial charge in [-0.3, -0.25) is 9.62 Å². The van der Waals surface area contributed by atoms with Crippen LogP contribution in [0.5, 0.6) is 11.5 Å². The molecule has 1 aromatic heterocycles. The third-order valence-corrected chi connectivity index (χ3v) is 9.73.